The van der Waals surface area contributed by atoms with Gasteiger partial charge in [-0.2, -0.15) is 0 Å². The predicted molar refractivity (Wildman–Crippen MR) is 82.9 cm³/mol. The number of ketones is 1. The number of carbonyl (C=O) groups excluding carboxylic acids is 2. The third kappa shape index (κ3) is 5.55. The van der Waals surface area contributed by atoms with Crippen LogP contribution in [-0.2, 0) is 4.79 Å². The molecule has 0 bridgehead atoms. The molecule has 0 spiro atoms. The third-order valence-electron chi connectivity index (χ3n) is 3.23. The first kappa shape index (κ1) is 17.7. The lowest BCUT2D eigenvalue weighted by Gasteiger charge is -2.18. The van der Waals surface area contributed by atoms with Crippen LogP contribution in [0.15, 0.2) is 24.3 Å². The van der Waals surface area contributed by atoms with E-state index >= 15 is 0 Å². The van der Waals surface area contributed by atoms with Gasteiger partial charge in [-0.15, -0.1) is 0 Å². The first-order chi connectivity index (χ1) is 10.3. The molecule has 0 aliphatic carbocycles. The van der Waals surface area contributed by atoms with Crippen LogP contribution in [-0.4, -0.2) is 35.5 Å². The van der Waals surface area contributed by atoms with Gasteiger partial charge in [0.25, 0.3) is 0 Å². The van der Waals surface area contributed by atoms with Crippen molar-refractivity contribution < 1.29 is 19.5 Å². The lowest BCUT2D eigenvalue weighted by atomic mass is 10.1. The summed E-state index contributed by atoms with van der Waals surface area (Å²) < 4.78 is 0. The number of hydrogen-bond donors (Lipinski definition) is 3. The van der Waals surface area contributed by atoms with E-state index in [1.165, 1.54) is 0 Å². The smallest absolute Gasteiger partial charge is 0.326 e. The Hall–Kier alpha value is -2.37. The molecular weight excluding hydrogens is 284 g/mol. The number of benzene rings is 1. The lowest BCUT2D eigenvalue weighted by molar-refractivity contribution is -0.140. The Balaban J connectivity index is 2.40. The van der Waals surface area contributed by atoms with Gasteiger partial charge in [-0.05, 0) is 12.8 Å². The van der Waals surface area contributed by atoms with E-state index in [1.807, 2.05) is 19.1 Å². The first-order valence-corrected chi connectivity index (χ1v) is 7.18. The number of carboxylic acid groups (broad SMARTS) is 1. The van der Waals surface area contributed by atoms with Gasteiger partial charge in [-0.3, -0.25) is 4.79 Å². The number of nitrogens with one attached hydrogen (secondary N) is 2. The van der Waals surface area contributed by atoms with Crippen LogP contribution in [0, 0.1) is 12.8 Å². The standard InChI is InChI=1S/C16H22N2O4/c1-10(2)14(15(20)21)18-16(22)17-9-8-13(19)12-6-4-11(3)5-7-12/h4-7,10,14H,8-9H2,1-3H3,(H,20,21)(H2,17,18,22). The predicted octanol–water partition coefficient (Wildman–Crippen LogP) is 1.98. The van der Waals surface area contributed by atoms with Gasteiger partial charge in [0.1, 0.15) is 6.04 Å². The highest BCUT2D eigenvalue weighted by Crippen LogP contribution is 2.06. The summed E-state index contributed by atoms with van der Waals surface area (Å²) in [7, 11) is 0. The summed E-state index contributed by atoms with van der Waals surface area (Å²) in [4.78, 5) is 34.5. The number of carboxylic acids is 1. The molecule has 1 atom stereocenters. The van der Waals surface area contributed by atoms with E-state index in [-0.39, 0.29) is 24.7 Å². The summed E-state index contributed by atoms with van der Waals surface area (Å²) in [5.41, 5.74) is 1.67. The van der Waals surface area contributed by atoms with Crippen LogP contribution in [0.3, 0.4) is 0 Å². The molecule has 0 fully saturated rings. The Labute approximate surface area is 129 Å². The van der Waals surface area contributed by atoms with E-state index in [9.17, 15) is 14.4 Å². The fourth-order valence-corrected chi connectivity index (χ4v) is 1.88. The first-order valence-electron chi connectivity index (χ1n) is 7.18. The van der Waals surface area contributed by atoms with Crippen LogP contribution >= 0.6 is 0 Å². The van der Waals surface area contributed by atoms with Crippen LogP contribution in [0.5, 0.6) is 0 Å². The van der Waals surface area contributed by atoms with Gasteiger partial charge in [-0.1, -0.05) is 43.7 Å². The van der Waals surface area contributed by atoms with Gasteiger partial charge in [-0.25, -0.2) is 9.59 Å². The van der Waals surface area contributed by atoms with Gasteiger partial charge in [0.15, 0.2) is 5.78 Å². The van der Waals surface area contributed by atoms with E-state index in [0.717, 1.165) is 5.56 Å². The highest BCUT2D eigenvalue weighted by Gasteiger charge is 2.23. The number of carbonyl (C=O) groups is 3. The van der Waals surface area contributed by atoms with Crippen molar-refractivity contribution in [2.75, 3.05) is 6.54 Å². The minimum Gasteiger partial charge on any atom is -0.480 e. The largest absolute Gasteiger partial charge is 0.480 e. The van der Waals surface area contributed by atoms with Gasteiger partial charge >= 0.3 is 12.0 Å². The highest BCUT2D eigenvalue weighted by molar-refractivity contribution is 5.96. The number of Topliss-reactive ketones (excluding diaryl/α,β-unsaturated/α-hetero) is 1. The minimum absolute atomic E-state index is 0.0704. The quantitative estimate of drug-likeness (QED) is 0.671. The molecule has 120 valence electrons. The average Bonchev–Trinajstić information content (AvgIpc) is 2.44. The third-order valence-corrected chi connectivity index (χ3v) is 3.23. The van der Waals surface area contributed by atoms with Crippen LogP contribution < -0.4 is 10.6 Å². The average molecular weight is 306 g/mol. The van der Waals surface area contributed by atoms with Crippen molar-refractivity contribution >= 4 is 17.8 Å². The van der Waals surface area contributed by atoms with E-state index in [1.54, 1.807) is 26.0 Å². The summed E-state index contributed by atoms with van der Waals surface area (Å²) in [6.45, 7) is 5.51. The van der Waals surface area contributed by atoms with Crippen LogP contribution in [0.2, 0.25) is 0 Å². The number of urea groups is 1. The molecule has 0 aromatic heterocycles. The second-order valence-electron chi connectivity index (χ2n) is 5.50. The molecule has 1 rings (SSSR count). The van der Waals surface area contributed by atoms with Crippen molar-refractivity contribution in [2.45, 2.75) is 33.2 Å². The van der Waals surface area contributed by atoms with E-state index in [4.69, 9.17) is 5.11 Å². The maximum atomic E-state index is 11.9. The molecule has 0 saturated carbocycles. The Kier molecular flexibility index (Phi) is 6.56. The molecule has 0 aliphatic rings. The van der Waals surface area contributed by atoms with Crippen molar-refractivity contribution in [3.05, 3.63) is 35.4 Å². The molecule has 6 heteroatoms. The van der Waals surface area contributed by atoms with Crippen LogP contribution in [0.25, 0.3) is 0 Å². The zero-order valence-electron chi connectivity index (χ0n) is 13.1. The molecular formula is C16H22N2O4. The maximum absolute atomic E-state index is 11.9. The second-order valence-corrected chi connectivity index (χ2v) is 5.50. The highest BCUT2D eigenvalue weighted by atomic mass is 16.4. The molecule has 1 aromatic rings. The Bertz CT molecular complexity index is 538. The SMILES string of the molecule is Cc1ccc(C(=O)CCNC(=O)NC(C(=O)O)C(C)C)cc1. The summed E-state index contributed by atoms with van der Waals surface area (Å²) in [5.74, 6) is -1.38. The summed E-state index contributed by atoms with van der Waals surface area (Å²) in [5, 5.41) is 13.9. The number of amides is 2. The van der Waals surface area contributed by atoms with Crippen molar-refractivity contribution in [3.63, 3.8) is 0 Å². The van der Waals surface area contributed by atoms with Crippen LogP contribution in [0.4, 0.5) is 4.79 Å². The lowest BCUT2D eigenvalue weighted by Crippen LogP contribution is -2.48. The van der Waals surface area contributed by atoms with E-state index < -0.39 is 18.0 Å². The van der Waals surface area contributed by atoms with Crippen molar-refractivity contribution in [3.8, 4) is 0 Å². The fraction of sp³-hybridized carbons (Fsp3) is 0.438. The molecule has 0 saturated heterocycles. The molecule has 6 nitrogen and oxygen atoms in total. The fourth-order valence-electron chi connectivity index (χ4n) is 1.88. The normalized spacial score (nSPS) is 11.8. The number of hydrogen-bond acceptors (Lipinski definition) is 3. The zero-order valence-corrected chi connectivity index (χ0v) is 13.1. The van der Waals surface area contributed by atoms with Crippen molar-refractivity contribution in [2.24, 2.45) is 5.92 Å². The number of aryl methyl sites for hydroxylation is 1. The molecule has 22 heavy (non-hydrogen) atoms. The maximum Gasteiger partial charge on any atom is 0.326 e. The summed E-state index contributed by atoms with van der Waals surface area (Å²) in [6, 6.07) is 5.67. The summed E-state index contributed by atoms with van der Waals surface area (Å²) >= 11 is 0. The van der Waals surface area contributed by atoms with E-state index in [2.05, 4.69) is 10.6 Å². The monoisotopic (exact) mass is 306 g/mol. The van der Waals surface area contributed by atoms with Crippen LogP contribution in [0.1, 0.15) is 36.2 Å². The molecule has 0 radical (unpaired) electrons. The molecule has 3 N–H and O–H groups in total. The zero-order chi connectivity index (χ0) is 16.7. The van der Waals surface area contributed by atoms with Crippen molar-refractivity contribution in [1.29, 1.82) is 0 Å². The molecule has 0 heterocycles. The number of rotatable bonds is 7. The number of aliphatic carboxylic acids is 1. The topological polar surface area (TPSA) is 95.5 Å². The second kappa shape index (κ2) is 8.17. The molecule has 2 amide bonds. The van der Waals surface area contributed by atoms with Gasteiger partial charge in [0.2, 0.25) is 0 Å². The Morgan fingerprint density at radius 1 is 1.14 bits per heavy atom. The van der Waals surface area contributed by atoms with Gasteiger partial charge in [0, 0.05) is 18.5 Å². The van der Waals surface area contributed by atoms with E-state index in [0.29, 0.717) is 5.56 Å². The van der Waals surface area contributed by atoms with Crippen molar-refractivity contribution in [1.82, 2.24) is 10.6 Å². The summed E-state index contributed by atoms with van der Waals surface area (Å²) in [6.07, 6.45) is 0.163. The minimum atomic E-state index is -1.08. The molecule has 0 aliphatic heterocycles. The van der Waals surface area contributed by atoms with Gasteiger partial charge < -0.3 is 15.7 Å². The molecule has 1 unspecified atom stereocenters. The van der Waals surface area contributed by atoms with Gasteiger partial charge in [0.05, 0.1) is 0 Å². The Morgan fingerprint density at radius 3 is 2.23 bits per heavy atom. The Morgan fingerprint density at radius 2 is 1.73 bits per heavy atom. The molecule has 1 aromatic carbocycles.